The molecule has 0 radical (unpaired) electrons. The number of nitrogens with one attached hydrogen (secondary N) is 1. The predicted octanol–water partition coefficient (Wildman–Crippen LogP) is 4.08. The van der Waals surface area contributed by atoms with E-state index in [9.17, 15) is 18.8 Å². The van der Waals surface area contributed by atoms with Crippen molar-refractivity contribution >= 4 is 34.3 Å². The Kier molecular flexibility index (Phi) is 9.89. The van der Waals surface area contributed by atoms with Crippen molar-refractivity contribution in [3.05, 3.63) is 63.7 Å². The smallest absolute Gasteiger partial charge is 0.336 e. The minimum atomic E-state index is -0.799. The van der Waals surface area contributed by atoms with Crippen LogP contribution in [0.5, 0.6) is 5.75 Å². The summed E-state index contributed by atoms with van der Waals surface area (Å²) in [5, 5.41) is 4.03. The van der Waals surface area contributed by atoms with E-state index in [4.69, 9.17) is 30.2 Å². The number of piperidine rings is 1. The maximum Gasteiger partial charge on any atom is 0.336 e. The summed E-state index contributed by atoms with van der Waals surface area (Å²) in [5.74, 6) is -1.12. The highest BCUT2D eigenvalue weighted by molar-refractivity contribution is 6.33. The van der Waals surface area contributed by atoms with Crippen LogP contribution in [0.3, 0.4) is 0 Å². The van der Waals surface area contributed by atoms with Gasteiger partial charge < -0.3 is 23.9 Å². The van der Waals surface area contributed by atoms with E-state index in [1.807, 2.05) is 0 Å². The average molecular weight is 601 g/mol. The molecule has 2 fully saturated rings. The lowest BCUT2D eigenvalue weighted by Gasteiger charge is -2.32. The zero-order chi connectivity index (χ0) is 29.6. The van der Waals surface area contributed by atoms with Crippen molar-refractivity contribution in [2.75, 3.05) is 52.5 Å². The Labute approximate surface area is 247 Å². The number of carbonyl (C=O) groups is 2. The number of ether oxygens (including phenoxy) is 3. The molecule has 2 saturated heterocycles. The number of halogens is 2. The lowest BCUT2D eigenvalue weighted by atomic mass is 9.80. The van der Waals surface area contributed by atoms with E-state index in [-0.39, 0.29) is 40.6 Å². The summed E-state index contributed by atoms with van der Waals surface area (Å²) < 4.78 is 35.8. The van der Waals surface area contributed by atoms with Crippen LogP contribution in [0.4, 0.5) is 4.39 Å². The van der Waals surface area contributed by atoms with E-state index in [0.717, 1.165) is 13.1 Å². The van der Waals surface area contributed by atoms with Gasteiger partial charge in [0.15, 0.2) is 11.9 Å². The van der Waals surface area contributed by atoms with Gasteiger partial charge >= 0.3 is 11.6 Å². The van der Waals surface area contributed by atoms with Gasteiger partial charge in [-0.05, 0) is 62.7 Å². The van der Waals surface area contributed by atoms with Crippen molar-refractivity contribution in [3.63, 3.8) is 0 Å². The molecule has 3 aromatic rings. The highest BCUT2D eigenvalue weighted by atomic mass is 35.5. The molecule has 0 aliphatic carbocycles. The molecule has 3 unspecified atom stereocenters. The summed E-state index contributed by atoms with van der Waals surface area (Å²) >= 11 is 6.25. The number of esters is 1. The first kappa shape index (κ1) is 30.2. The molecular formula is C31H34ClFN2O7. The molecule has 9 nitrogen and oxygen atoms in total. The van der Waals surface area contributed by atoms with Crippen molar-refractivity contribution in [1.82, 2.24) is 10.2 Å². The van der Waals surface area contributed by atoms with Crippen LogP contribution in [0.15, 0.2) is 51.7 Å². The molecule has 0 amide bonds. The zero-order valence-electron chi connectivity index (χ0n) is 23.4. The second-order valence-corrected chi connectivity index (χ2v) is 11.1. The van der Waals surface area contributed by atoms with Crippen molar-refractivity contribution < 1.29 is 32.6 Å². The van der Waals surface area contributed by atoms with Crippen LogP contribution in [-0.4, -0.2) is 75.3 Å². The molecule has 11 heteroatoms. The number of fused-ring (bicyclic) bond motifs is 1. The number of Topliss-reactive ketones (excluding diaryl/α,β-unsaturated/α-hetero) is 1. The summed E-state index contributed by atoms with van der Waals surface area (Å²) in [4.78, 5) is 40.6. The highest BCUT2D eigenvalue weighted by Crippen LogP contribution is 2.35. The Morgan fingerprint density at radius 3 is 2.74 bits per heavy atom. The second-order valence-electron chi connectivity index (χ2n) is 10.7. The number of hydrogen-bond acceptors (Lipinski definition) is 9. The number of rotatable bonds is 10. The predicted molar refractivity (Wildman–Crippen MR) is 155 cm³/mol. The summed E-state index contributed by atoms with van der Waals surface area (Å²) in [6, 6.07) is 10.2. The van der Waals surface area contributed by atoms with E-state index in [2.05, 4.69) is 10.2 Å². The van der Waals surface area contributed by atoms with Gasteiger partial charge in [-0.25, -0.2) is 9.18 Å². The molecule has 0 bridgehead atoms. The van der Waals surface area contributed by atoms with Gasteiger partial charge in [-0.3, -0.25) is 14.5 Å². The van der Waals surface area contributed by atoms with Crippen LogP contribution < -0.4 is 15.7 Å². The number of carbonyl (C=O) groups excluding carboxylic acids is 2. The molecule has 3 heterocycles. The quantitative estimate of drug-likeness (QED) is 0.272. The van der Waals surface area contributed by atoms with Gasteiger partial charge in [0.2, 0.25) is 0 Å². The van der Waals surface area contributed by atoms with Crippen LogP contribution in [0.1, 0.15) is 19.8 Å². The first-order chi connectivity index (χ1) is 20.3. The molecule has 2 aliphatic rings. The lowest BCUT2D eigenvalue weighted by molar-refractivity contribution is -0.146. The lowest BCUT2D eigenvalue weighted by Crippen LogP contribution is -2.45. The Balaban J connectivity index is 1.23. The van der Waals surface area contributed by atoms with Gasteiger partial charge in [0.25, 0.3) is 0 Å². The summed E-state index contributed by atoms with van der Waals surface area (Å²) in [7, 11) is 0. The molecule has 42 heavy (non-hydrogen) atoms. The maximum absolute atomic E-state index is 13.6. The van der Waals surface area contributed by atoms with Gasteiger partial charge in [-0.15, -0.1) is 0 Å². The van der Waals surface area contributed by atoms with E-state index < -0.39 is 17.5 Å². The zero-order valence-corrected chi connectivity index (χ0v) is 24.2. The number of benzene rings is 2. The first-order valence-corrected chi connectivity index (χ1v) is 14.6. The fraction of sp³-hybridized carbons (Fsp3) is 0.452. The minimum absolute atomic E-state index is 0.101. The van der Waals surface area contributed by atoms with E-state index in [1.54, 1.807) is 25.1 Å². The number of nitrogens with zero attached hydrogens (tertiary/aromatic N) is 1. The Morgan fingerprint density at radius 2 is 1.95 bits per heavy atom. The minimum Gasteiger partial charge on any atom is -0.483 e. The maximum atomic E-state index is 13.6. The normalized spacial score (nSPS) is 20.3. The van der Waals surface area contributed by atoms with Crippen LogP contribution in [0, 0.1) is 17.7 Å². The van der Waals surface area contributed by atoms with Gasteiger partial charge in [-0.1, -0.05) is 11.6 Å². The number of hydrogen-bond donors (Lipinski definition) is 1. The average Bonchev–Trinajstić information content (AvgIpc) is 2.97. The SMILES string of the molecule is CC(Oc1ccc2c(-c3ccc(F)cc3Cl)cc(=O)oc2c1)C(=O)C1CCNCC1CC(=O)OCCN1CCOCC1. The number of morpholine rings is 1. The van der Waals surface area contributed by atoms with Crippen LogP contribution in [0.25, 0.3) is 22.1 Å². The van der Waals surface area contributed by atoms with Crippen molar-refractivity contribution in [3.8, 4) is 16.9 Å². The van der Waals surface area contributed by atoms with Crippen molar-refractivity contribution in [1.29, 1.82) is 0 Å². The van der Waals surface area contributed by atoms with Crippen molar-refractivity contribution in [2.24, 2.45) is 11.8 Å². The molecule has 5 rings (SSSR count). The van der Waals surface area contributed by atoms with Gasteiger partial charge in [-0.2, -0.15) is 0 Å². The van der Waals surface area contributed by atoms with E-state index >= 15 is 0 Å². The van der Waals surface area contributed by atoms with Crippen LogP contribution in [0.2, 0.25) is 5.02 Å². The third-order valence-electron chi connectivity index (χ3n) is 7.83. The Bertz CT molecular complexity index is 1490. The molecule has 0 saturated carbocycles. The molecule has 2 aromatic carbocycles. The fourth-order valence-electron chi connectivity index (χ4n) is 5.61. The molecule has 3 atom stereocenters. The summed E-state index contributed by atoms with van der Waals surface area (Å²) in [6.07, 6.45) is -0.0614. The monoisotopic (exact) mass is 600 g/mol. The Hall–Kier alpha value is -3.31. The standard InChI is InChI=1S/C31H34ClFN2O7/c1-19(31(38)23-6-7-34-18-20(23)14-29(36)40-13-10-35-8-11-39-12-9-35)41-22-3-5-25-26(17-30(37)42-28(25)16-22)24-4-2-21(33)15-27(24)32/h2-5,15-17,19-20,23,34H,6-14,18H2,1H3. The third kappa shape index (κ3) is 7.36. The van der Waals surface area contributed by atoms with Gasteiger partial charge in [0.05, 0.1) is 24.7 Å². The molecule has 1 aromatic heterocycles. The molecule has 0 spiro atoms. The summed E-state index contributed by atoms with van der Waals surface area (Å²) in [5.41, 5.74) is 0.629. The van der Waals surface area contributed by atoms with Crippen LogP contribution >= 0.6 is 11.6 Å². The van der Waals surface area contributed by atoms with Gasteiger partial charge in [0, 0.05) is 54.2 Å². The van der Waals surface area contributed by atoms with Crippen molar-refractivity contribution in [2.45, 2.75) is 25.9 Å². The fourth-order valence-corrected chi connectivity index (χ4v) is 5.88. The molecule has 1 N–H and O–H groups in total. The number of ketones is 1. The van der Waals surface area contributed by atoms with Gasteiger partial charge in [0.1, 0.15) is 23.8 Å². The largest absolute Gasteiger partial charge is 0.483 e. The van der Waals surface area contributed by atoms with Crippen LogP contribution in [-0.2, 0) is 19.1 Å². The summed E-state index contributed by atoms with van der Waals surface area (Å²) in [6.45, 7) is 6.88. The first-order valence-electron chi connectivity index (χ1n) is 14.2. The second kappa shape index (κ2) is 13.8. The van der Waals surface area contributed by atoms with E-state index in [1.165, 1.54) is 24.3 Å². The molecule has 2 aliphatic heterocycles. The molecular weight excluding hydrogens is 567 g/mol. The highest BCUT2D eigenvalue weighted by Gasteiger charge is 2.35. The third-order valence-corrected chi connectivity index (χ3v) is 8.14. The topological polar surface area (TPSA) is 107 Å². The molecule has 224 valence electrons. The Morgan fingerprint density at radius 1 is 1.14 bits per heavy atom. The van der Waals surface area contributed by atoms with E-state index in [0.29, 0.717) is 68.1 Å².